The van der Waals surface area contributed by atoms with E-state index in [2.05, 4.69) is 15.6 Å². The molecule has 1 aliphatic rings. The van der Waals surface area contributed by atoms with Gasteiger partial charge < -0.3 is 9.47 Å². The first-order valence-electron chi connectivity index (χ1n) is 9.79. The molecule has 3 aromatic rings. The number of fused-ring (bicyclic) bond motifs is 1. The highest BCUT2D eigenvalue weighted by Gasteiger charge is 2.27. The smallest absolute Gasteiger partial charge is 0.283 e. The van der Waals surface area contributed by atoms with Gasteiger partial charge in [0.15, 0.2) is 11.5 Å². The highest BCUT2D eigenvalue weighted by atomic mass is 35.5. The molecule has 0 spiro atoms. The Labute approximate surface area is 205 Å². The van der Waals surface area contributed by atoms with Gasteiger partial charge in [-0.15, -0.1) is 0 Å². The molecule has 0 unspecified atom stereocenters. The van der Waals surface area contributed by atoms with Crippen LogP contribution in [0.1, 0.15) is 10.4 Å². The summed E-state index contributed by atoms with van der Waals surface area (Å²) in [7, 11) is -3.92. The summed E-state index contributed by atoms with van der Waals surface area (Å²) in [6, 6.07) is 16.5. The number of benzene rings is 3. The van der Waals surface area contributed by atoms with Crippen molar-refractivity contribution in [1.29, 1.82) is 0 Å². The number of anilines is 1. The predicted molar refractivity (Wildman–Crippen MR) is 126 cm³/mol. The van der Waals surface area contributed by atoms with Crippen molar-refractivity contribution in [3.8, 4) is 11.5 Å². The first-order chi connectivity index (χ1) is 16.2. The average molecular weight is 522 g/mol. The van der Waals surface area contributed by atoms with Gasteiger partial charge >= 0.3 is 0 Å². The Morgan fingerprint density at radius 3 is 2.29 bits per heavy atom. The van der Waals surface area contributed by atoms with Crippen LogP contribution in [0, 0.1) is 0 Å². The molecule has 3 N–H and O–H groups in total. The summed E-state index contributed by atoms with van der Waals surface area (Å²) in [6.45, 7) is -0.00755. The van der Waals surface area contributed by atoms with Crippen LogP contribution in [0.3, 0.4) is 0 Å². The molecule has 2 amide bonds. The van der Waals surface area contributed by atoms with Crippen LogP contribution < -0.4 is 25.0 Å². The van der Waals surface area contributed by atoms with Crippen LogP contribution >= 0.6 is 23.2 Å². The number of hydrogen-bond donors (Lipinski definition) is 3. The number of carbonyl (C=O) groups is 2. The fourth-order valence-corrected chi connectivity index (χ4v) is 4.41. The quantitative estimate of drug-likeness (QED) is 0.442. The molecule has 0 bridgehead atoms. The number of ether oxygens (including phenoxy) is 2. The number of halogens is 2. The Hall–Kier alpha value is -3.47. The zero-order chi connectivity index (χ0) is 24.3. The van der Waals surface area contributed by atoms with Crippen molar-refractivity contribution in [2.45, 2.75) is 11.0 Å². The van der Waals surface area contributed by atoms with E-state index in [0.29, 0.717) is 11.5 Å². The van der Waals surface area contributed by atoms with Gasteiger partial charge in [-0.05, 0) is 54.6 Å². The van der Waals surface area contributed by atoms with Crippen molar-refractivity contribution in [3.05, 3.63) is 82.3 Å². The molecule has 34 heavy (non-hydrogen) atoms. The van der Waals surface area contributed by atoms with E-state index in [4.69, 9.17) is 32.7 Å². The van der Waals surface area contributed by atoms with Crippen molar-refractivity contribution in [1.82, 2.24) is 10.9 Å². The first-order valence-corrected chi connectivity index (χ1v) is 12.0. The fraction of sp³-hybridized carbons (Fsp3) is 0.0909. The highest BCUT2D eigenvalue weighted by molar-refractivity contribution is 7.92. The minimum atomic E-state index is -3.92. The number of hydrazine groups is 1. The second kappa shape index (κ2) is 9.80. The van der Waals surface area contributed by atoms with Crippen LogP contribution in [-0.2, 0) is 14.8 Å². The first kappa shape index (κ1) is 23.7. The molecular weight excluding hydrogens is 505 g/mol. The Morgan fingerprint density at radius 2 is 1.59 bits per heavy atom. The summed E-state index contributed by atoms with van der Waals surface area (Å²) >= 11 is 11.7. The largest absolute Gasteiger partial charge is 0.485 e. The average Bonchev–Trinajstić information content (AvgIpc) is 2.83. The predicted octanol–water partition coefficient (Wildman–Crippen LogP) is 3.40. The van der Waals surface area contributed by atoms with Crippen LogP contribution in [-0.4, -0.2) is 32.9 Å². The van der Waals surface area contributed by atoms with Crippen LogP contribution in [0.5, 0.6) is 11.5 Å². The lowest BCUT2D eigenvalue weighted by atomic mass is 10.2. The number of hydrogen-bond acceptors (Lipinski definition) is 6. The van der Waals surface area contributed by atoms with E-state index in [1.165, 1.54) is 42.5 Å². The molecule has 0 radical (unpaired) electrons. The van der Waals surface area contributed by atoms with E-state index in [1.807, 2.05) is 0 Å². The molecule has 1 atom stereocenters. The molecule has 0 aromatic heterocycles. The van der Waals surface area contributed by atoms with Gasteiger partial charge in [-0.2, -0.15) is 0 Å². The third-order valence-electron chi connectivity index (χ3n) is 4.70. The molecule has 176 valence electrons. The minimum absolute atomic E-state index is 0.00755. The summed E-state index contributed by atoms with van der Waals surface area (Å²) in [5.74, 6) is -0.233. The van der Waals surface area contributed by atoms with E-state index >= 15 is 0 Å². The highest BCUT2D eigenvalue weighted by Crippen LogP contribution is 2.31. The fourth-order valence-electron chi connectivity index (χ4n) is 2.97. The van der Waals surface area contributed by atoms with Crippen LogP contribution in [0.25, 0.3) is 0 Å². The second-order valence-corrected chi connectivity index (χ2v) is 9.56. The summed E-state index contributed by atoms with van der Waals surface area (Å²) in [6.07, 6.45) is -0.937. The standard InChI is InChI=1S/C22H17Cl2N3O6S/c23-16-10-9-15(11-17(16)24)34(30,31)27-14-7-5-13(6-8-14)21(28)25-26-22(29)20-12-32-18-3-1-2-4-19(18)33-20/h1-11,20,27H,12H2,(H,25,28)(H,26,29)/t20-/m1/s1. The van der Waals surface area contributed by atoms with Crippen molar-refractivity contribution < 1.29 is 27.5 Å². The lowest BCUT2D eigenvalue weighted by Crippen LogP contribution is -2.50. The molecule has 12 heteroatoms. The third kappa shape index (κ3) is 5.36. The lowest BCUT2D eigenvalue weighted by molar-refractivity contribution is -0.131. The van der Waals surface area contributed by atoms with Crippen LogP contribution in [0.4, 0.5) is 5.69 Å². The third-order valence-corrected chi connectivity index (χ3v) is 6.82. The molecular formula is C22H17Cl2N3O6S. The Morgan fingerprint density at radius 1 is 0.882 bits per heavy atom. The van der Waals surface area contributed by atoms with Gasteiger partial charge in [-0.1, -0.05) is 35.3 Å². The molecule has 0 fully saturated rings. The zero-order valence-electron chi connectivity index (χ0n) is 17.2. The van der Waals surface area contributed by atoms with Gasteiger partial charge in [0.2, 0.25) is 6.10 Å². The van der Waals surface area contributed by atoms with Crippen molar-refractivity contribution in [3.63, 3.8) is 0 Å². The zero-order valence-corrected chi connectivity index (χ0v) is 19.6. The number of sulfonamides is 1. The molecule has 0 saturated heterocycles. The van der Waals surface area contributed by atoms with Gasteiger partial charge in [-0.3, -0.25) is 25.2 Å². The molecule has 1 aliphatic heterocycles. The Bertz CT molecular complexity index is 1350. The van der Waals surface area contributed by atoms with Gasteiger partial charge in [-0.25, -0.2) is 8.42 Å². The monoisotopic (exact) mass is 521 g/mol. The molecule has 0 saturated carbocycles. The minimum Gasteiger partial charge on any atom is -0.485 e. The van der Waals surface area contributed by atoms with E-state index in [9.17, 15) is 18.0 Å². The van der Waals surface area contributed by atoms with E-state index in [0.717, 1.165) is 0 Å². The van der Waals surface area contributed by atoms with Crippen molar-refractivity contribution in [2.24, 2.45) is 0 Å². The van der Waals surface area contributed by atoms with Gasteiger partial charge in [0.05, 0.1) is 14.9 Å². The maximum absolute atomic E-state index is 12.5. The number of nitrogens with one attached hydrogen (secondary N) is 3. The Kier molecular flexibility index (Phi) is 6.82. The van der Waals surface area contributed by atoms with Crippen LogP contribution in [0.15, 0.2) is 71.6 Å². The van der Waals surface area contributed by atoms with Crippen molar-refractivity contribution in [2.75, 3.05) is 11.3 Å². The molecule has 9 nitrogen and oxygen atoms in total. The van der Waals surface area contributed by atoms with Gasteiger partial charge in [0.25, 0.3) is 21.8 Å². The normalized spacial score (nSPS) is 14.7. The maximum Gasteiger partial charge on any atom is 0.283 e. The summed E-state index contributed by atoms with van der Waals surface area (Å²) in [4.78, 5) is 24.6. The topological polar surface area (TPSA) is 123 Å². The van der Waals surface area contributed by atoms with Crippen molar-refractivity contribution >= 4 is 50.7 Å². The van der Waals surface area contributed by atoms with Crippen LogP contribution in [0.2, 0.25) is 10.0 Å². The number of rotatable bonds is 5. The summed E-state index contributed by atoms with van der Waals surface area (Å²) in [5.41, 5.74) is 4.98. The van der Waals surface area contributed by atoms with Gasteiger partial charge in [0, 0.05) is 11.3 Å². The molecule has 3 aromatic carbocycles. The van der Waals surface area contributed by atoms with Gasteiger partial charge in [0.1, 0.15) is 6.61 Å². The van der Waals surface area contributed by atoms with E-state index in [-0.39, 0.29) is 32.8 Å². The summed E-state index contributed by atoms with van der Waals surface area (Å²) < 4.78 is 38.5. The molecule has 4 rings (SSSR count). The molecule has 1 heterocycles. The number of carbonyl (C=O) groups excluding carboxylic acids is 2. The second-order valence-electron chi connectivity index (χ2n) is 7.07. The lowest BCUT2D eigenvalue weighted by Gasteiger charge is -2.25. The van der Waals surface area contributed by atoms with E-state index in [1.54, 1.807) is 24.3 Å². The maximum atomic E-state index is 12.5. The Balaban J connectivity index is 1.33. The summed E-state index contributed by atoms with van der Waals surface area (Å²) in [5, 5.41) is 0.337. The SMILES string of the molecule is O=C(NNC(=O)[C@H]1COc2ccccc2O1)c1ccc(NS(=O)(=O)c2ccc(Cl)c(Cl)c2)cc1. The molecule has 0 aliphatic carbocycles. The van der Waals surface area contributed by atoms with E-state index < -0.39 is 27.9 Å². The number of para-hydroxylation sites is 2. The number of amides is 2.